The van der Waals surface area contributed by atoms with Crippen LogP contribution >= 0.6 is 0 Å². The maximum Gasteiger partial charge on any atom is 0.490 e. The van der Waals surface area contributed by atoms with Gasteiger partial charge in [-0.15, -0.1) is 0 Å². The number of alkyl halides is 3. The number of aryl methyl sites for hydroxylation is 2. The minimum absolute atomic E-state index is 0.168. The fourth-order valence-electron chi connectivity index (χ4n) is 2.40. The molecule has 0 fully saturated rings. The van der Waals surface area contributed by atoms with E-state index >= 15 is 0 Å². The average Bonchev–Trinajstić information content (AvgIpc) is 3.38. The first-order chi connectivity index (χ1) is 14.0. The highest BCUT2D eigenvalue weighted by Gasteiger charge is 2.38. The van der Waals surface area contributed by atoms with Crippen LogP contribution < -0.4 is 5.32 Å². The Labute approximate surface area is 169 Å². The molecule has 3 aromatic rings. The first-order valence-electron chi connectivity index (χ1n) is 8.65. The second-order valence-corrected chi connectivity index (χ2v) is 6.21. The number of carboxylic acid groups (broad SMARTS) is 1. The van der Waals surface area contributed by atoms with Crippen LogP contribution in [0.1, 0.15) is 21.7 Å². The lowest BCUT2D eigenvalue weighted by atomic mass is 10.2. The van der Waals surface area contributed by atoms with Gasteiger partial charge in [0.15, 0.2) is 5.76 Å². The SMILES string of the molecule is Cc1ncn(CCNC(=O)c2cn(C)nc2-c2ccco2)c1C.O=C(O)C(F)(F)F. The van der Waals surface area contributed by atoms with Crippen molar-refractivity contribution in [3.63, 3.8) is 0 Å². The number of furan rings is 1. The summed E-state index contributed by atoms with van der Waals surface area (Å²) >= 11 is 0. The van der Waals surface area contributed by atoms with Crippen molar-refractivity contribution in [2.45, 2.75) is 26.6 Å². The Morgan fingerprint density at radius 1 is 1.30 bits per heavy atom. The number of carbonyl (C=O) groups is 2. The van der Waals surface area contributed by atoms with Crippen LogP contribution in [0.5, 0.6) is 0 Å². The Hall–Kier alpha value is -3.57. The van der Waals surface area contributed by atoms with Gasteiger partial charge in [0, 0.05) is 32.0 Å². The summed E-state index contributed by atoms with van der Waals surface area (Å²) in [6.07, 6.45) is -0.0369. The molecule has 162 valence electrons. The average molecular weight is 427 g/mol. The van der Waals surface area contributed by atoms with E-state index in [0.717, 1.165) is 11.4 Å². The molecule has 0 saturated heterocycles. The molecule has 0 bridgehead atoms. The fraction of sp³-hybridized carbons (Fsp3) is 0.333. The zero-order chi connectivity index (χ0) is 22.5. The molecule has 30 heavy (non-hydrogen) atoms. The van der Waals surface area contributed by atoms with E-state index in [0.29, 0.717) is 30.1 Å². The van der Waals surface area contributed by atoms with Crippen LogP contribution in [0.3, 0.4) is 0 Å². The topological polar surface area (TPSA) is 115 Å². The highest BCUT2D eigenvalue weighted by Crippen LogP contribution is 2.22. The van der Waals surface area contributed by atoms with Gasteiger partial charge in [-0.2, -0.15) is 18.3 Å². The Kier molecular flexibility index (Phi) is 7.03. The third kappa shape index (κ3) is 5.72. The van der Waals surface area contributed by atoms with Crippen LogP contribution in [0, 0.1) is 13.8 Å². The first-order valence-corrected chi connectivity index (χ1v) is 8.65. The van der Waals surface area contributed by atoms with Gasteiger partial charge in [0.2, 0.25) is 0 Å². The molecular formula is C18H20F3N5O4. The van der Waals surface area contributed by atoms with E-state index in [9.17, 15) is 18.0 Å². The van der Waals surface area contributed by atoms with E-state index in [2.05, 4.69) is 15.4 Å². The highest BCUT2D eigenvalue weighted by molar-refractivity contribution is 5.99. The number of aromatic nitrogens is 4. The van der Waals surface area contributed by atoms with Crippen molar-refractivity contribution in [3.8, 4) is 11.5 Å². The lowest BCUT2D eigenvalue weighted by Crippen LogP contribution is -2.27. The molecule has 3 heterocycles. The summed E-state index contributed by atoms with van der Waals surface area (Å²) in [5.74, 6) is -2.34. The molecule has 0 radical (unpaired) electrons. The number of imidazole rings is 1. The number of halogens is 3. The summed E-state index contributed by atoms with van der Waals surface area (Å²) in [6.45, 7) is 5.17. The Balaban J connectivity index is 0.000000396. The van der Waals surface area contributed by atoms with Gasteiger partial charge in [-0.05, 0) is 26.0 Å². The molecule has 3 rings (SSSR count). The second-order valence-electron chi connectivity index (χ2n) is 6.21. The molecule has 0 unspecified atom stereocenters. The highest BCUT2D eigenvalue weighted by atomic mass is 19.4. The van der Waals surface area contributed by atoms with E-state index < -0.39 is 12.1 Å². The molecule has 0 aliphatic heterocycles. The number of aliphatic carboxylic acids is 1. The van der Waals surface area contributed by atoms with Crippen molar-refractivity contribution < 1.29 is 32.3 Å². The summed E-state index contributed by atoms with van der Waals surface area (Å²) in [4.78, 5) is 25.6. The minimum Gasteiger partial charge on any atom is -0.475 e. The molecule has 0 spiro atoms. The van der Waals surface area contributed by atoms with Crippen LogP contribution in [0.15, 0.2) is 35.3 Å². The van der Waals surface area contributed by atoms with Gasteiger partial charge in [0.1, 0.15) is 5.69 Å². The van der Waals surface area contributed by atoms with Gasteiger partial charge in [0.25, 0.3) is 5.91 Å². The second kappa shape index (κ2) is 9.29. The van der Waals surface area contributed by atoms with Crippen molar-refractivity contribution in [3.05, 3.63) is 47.9 Å². The van der Waals surface area contributed by atoms with Crippen LogP contribution in [0.4, 0.5) is 13.2 Å². The third-order valence-electron chi connectivity index (χ3n) is 4.05. The summed E-state index contributed by atoms with van der Waals surface area (Å²) in [6, 6.07) is 3.56. The number of carbonyl (C=O) groups excluding carboxylic acids is 1. The first kappa shape index (κ1) is 22.7. The lowest BCUT2D eigenvalue weighted by molar-refractivity contribution is -0.192. The lowest BCUT2D eigenvalue weighted by Gasteiger charge is -2.07. The van der Waals surface area contributed by atoms with E-state index in [1.807, 2.05) is 18.4 Å². The molecule has 0 aliphatic rings. The number of hydrogen-bond acceptors (Lipinski definition) is 5. The minimum atomic E-state index is -5.08. The predicted molar refractivity (Wildman–Crippen MR) is 98.6 cm³/mol. The maximum absolute atomic E-state index is 12.4. The zero-order valence-corrected chi connectivity index (χ0v) is 16.4. The molecule has 0 aromatic carbocycles. The summed E-state index contributed by atoms with van der Waals surface area (Å²) < 4.78 is 40.7. The van der Waals surface area contributed by atoms with Crippen LogP contribution in [0.25, 0.3) is 11.5 Å². The van der Waals surface area contributed by atoms with Gasteiger partial charge in [-0.3, -0.25) is 9.48 Å². The molecule has 2 N–H and O–H groups in total. The Bertz CT molecular complexity index is 1010. The quantitative estimate of drug-likeness (QED) is 0.647. The van der Waals surface area contributed by atoms with E-state index in [1.54, 1.807) is 42.6 Å². The molecule has 3 aromatic heterocycles. The summed E-state index contributed by atoms with van der Waals surface area (Å²) in [5, 5.41) is 14.3. The molecule has 0 atom stereocenters. The largest absolute Gasteiger partial charge is 0.490 e. The fourth-order valence-corrected chi connectivity index (χ4v) is 2.40. The summed E-state index contributed by atoms with van der Waals surface area (Å²) in [7, 11) is 1.78. The molecule has 0 aliphatic carbocycles. The number of hydrogen-bond donors (Lipinski definition) is 2. The Morgan fingerprint density at radius 2 is 1.97 bits per heavy atom. The number of amides is 1. The molecule has 1 amide bonds. The van der Waals surface area contributed by atoms with E-state index in [4.69, 9.17) is 14.3 Å². The molecule has 9 nitrogen and oxygen atoms in total. The van der Waals surface area contributed by atoms with Crippen molar-refractivity contribution in [2.75, 3.05) is 6.54 Å². The predicted octanol–water partition coefficient (Wildman–Crippen LogP) is 2.56. The van der Waals surface area contributed by atoms with Crippen LogP contribution in [-0.4, -0.2) is 49.0 Å². The molecular weight excluding hydrogens is 407 g/mol. The van der Waals surface area contributed by atoms with Gasteiger partial charge in [0.05, 0.1) is 23.8 Å². The third-order valence-corrected chi connectivity index (χ3v) is 4.05. The zero-order valence-electron chi connectivity index (χ0n) is 16.4. The number of rotatable bonds is 5. The standard InChI is InChI=1S/C16H19N5O2.C2HF3O2/c1-11-12(2)21(10-18-11)7-6-17-16(22)13-9-20(3)19-15(13)14-5-4-8-23-14;3-2(4,5)1(6)7/h4-5,8-10H,6-7H2,1-3H3,(H,17,22);(H,6,7). The molecule has 12 heteroatoms. The maximum atomic E-state index is 12.4. The number of nitrogens with one attached hydrogen (secondary N) is 1. The van der Waals surface area contributed by atoms with Gasteiger partial charge in [-0.1, -0.05) is 0 Å². The smallest absolute Gasteiger partial charge is 0.475 e. The van der Waals surface area contributed by atoms with E-state index in [-0.39, 0.29) is 5.91 Å². The van der Waals surface area contributed by atoms with Crippen molar-refractivity contribution in [2.24, 2.45) is 7.05 Å². The monoisotopic (exact) mass is 427 g/mol. The van der Waals surface area contributed by atoms with Gasteiger partial charge in [-0.25, -0.2) is 9.78 Å². The molecule has 0 saturated carbocycles. The normalized spacial score (nSPS) is 11.0. The van der Waals surface area contributed by atoms with Crippen LogP contribution in [0.2, 0.25) is 0 Å². The number of carboxylic acids is 1. The van der Waals surface area contributed by atoms with Crippen molar-refractivity contribution in [1.82, 2.24) is 24.6 Å². The number of nitrogens with zero attached hydrogens (tertiary/aromatic N) is 4. The van der Waals surface area contributed by atoms with Gasteiger partial charge >= 0.3 is 12.1 Å². The van der Waals surface area contributed by atoms with Crippen molar-refractivity contribution in [1.29, 1.82) is 0 Å². The van der Waals surface area contributed by atoms with Crippen LogP contribution in [-0.2, 0) is 18.4 Å². The summed E-state index contributed by atoms with van der Waals surface area (Å²) in [5.41, 5.74) is 3.16. The van der Waals surface area contributed by atoms with E-state index in [1.165, 1.54) is 0 Å². The Morgan fingerprint density at radius 3 is 2.47 bits per heavy atom. The van der Waals surface area contributed by atoms with Crippen molar-refractivity contribution >= 4 is 11.9 Å². The van der Waals surface area contributed by atoms with Gasteiger partial charge < -0.3 is 19.4 Å².